The molecule has 1 saturated carbocycles. The zero-order valence-corrected chi connectivity index (χ0v) is 16.4. The van der Waals surface area contributed by atoms with Gasteiger partial charge in [-0.15, -0.1) is 10.2 Å². The van der Waals surface area contributed by atoms with Gasteiger partial charge in [0.05, 0.1) is 11.4 Å². The maximum Gasteiger partial charge on any atom is 0.410 e. The van der Waals surface area contributed by atoms with Gasteiger partial charge in [-0.2, -0.15) is 5.10 Å². The van der Waals surface area contributed by atoms with E-state index in [4.69, 9.17) is 4.74 Å². The number of anilines is 1. The Kier molecular flexibility index (Phi) is 4.09. The molecule has 3 atom stereocenters. The summed E-state index contributed by atoms with van der Waals surface area (Å²) in [5, 5.41) is 16.4. The molecular formula is C19H26N6O2. The Morgan fingerprint density at radius 3 is 2.44 bits per heavy atom. The monoisotopic (exact) mass is 370 g/mol. The number of fused-ring (bicyclic) bond motifs is 1. The van der Waals surface area contributed by atoms with E-state index in [1.54, 1.807) is 9.58 Å². The highest BCUT2D eigenvalue weighted by molar-refractivity contribution is 5.69. The third-order valence-corrected chi connectivity index (χ3v) is 5.11. The third-order valence-electron chi connectivity index (χ3n) is 5.11. The van der Waals surface area contributed by atoms with Crippen molar-refractivity contribution in [3.63, 3.8) is 0 Å². The Morgan fingerprint density at radius 2 is 1.93 bits per heavy atom. The largest absolute Gasteiger partial charge is 0.444 e. The Balaban J connectivity index is 1.32. The highest BCUT2D eigenvalue weighted by Crippen LogP contribution is 2.47. The molecule has 2 aromatic heterocycles. The molecule has 3 heterocycles. The number of carbonyl (C=O) groups excluding carboxylic acids is 1. The van der Waals surface area contributed by atoms with Gasteiger partial charge in [-0.05, 0) is 39.8 Å². The van der Waals surface area contributed by atoms with Gasteiger partial charge in [0.25, 0.3) is 0 Å². The number of ether oxygens (including phenoxy) is 1. The lowest BCUT2D eigenvalue weighted by Crippen LogP contribution is -2.38. The third kappa shape index (κ3) is 3.61. The van der Waals surface area contributed by atoms with Crippen LogP contribution in [0.1, 0.15) is 26.5 Å². The highest BCUT2D eigenvalue weighted by Gasteiger charge is 2.57. The van der Waals surface area contributed by atoms with Crippen LogP contribution >= 0.6 is 0 Å². The van der Waals surface area contributed by atoms with Crippen molar-refractivity contribution in [2.24, 2.45) is 18.9 Å². The topological polar surface area (TPSA) is 85.2 Å². The van der Waals surface area contributed by atoms with Crippen molar-refractivity contribution >= 4 is 11.9 Å². The van der Waals surface area contributed by atoms with Crippen molar-refractivity contribution in [3.8, 4) is 11.3 Å². The molecule has 0 bridgehead atoms. The van der Waals surface area contributed by atoms with Gasteiger partial charge in [0.1, 0.15) is 11.4 Å². The summed E-state index contributed by atoms with van der Waals surface area (Å²) in [6, 6.07) is 4.27. The molecule has 1 amide bonds. The maximum absolute atomic E-state index is 12.1. The standard InChI is InChI=1S/C19H26N6O2/c1-11-12(8-24(5)23-11)15-6-7-16(22-21-15)20-17-13-9-25(10-14(13)17)18(26)27-19(2,3)4/h6-8,13-14,17H,9-10H2,1-5H3,(H,20,22)/t13-,14+,17?. The lowest BCUT2D eigenvalue weighted by atomic mass is 10.2. The van der Waals surface area contributed by atoms with Crippen molar-refractivity contribution in [2.75, 3.05) is 18.4 Å². The minimum atomic E-state index is -0.453. The molecular weight excluding hydrogens is 344 g/mol. The normalized spacial score (nSPS) is 23.9. The van der Waals surface area contributed by atoms with Gasteiger partial charge in [-0.25, -0.2) is 4.79 Å². The average Bonchev–Trinajstić information content (AvgIpc) is 2.93. The number of hydrogen-bond acceptors (Lipinski definition) is 6. The van der Waals surface area contributed by atoms with Gasteiger partial charge >= 0.3 is 6.09 Å². The van der Waals surface area contributed by atoms with Crippen LogP contribution in [-0.4, -0.2) is 55.7 Å². The SMILES string of the molecule is Cc1nn(C)cc1-c1ccc(NC2[C@H]3CN(C(=O)OC(C)(C)C)C[C@@H]23)nn1. The van der Waals surface area contributed by atoms with Crippen LogP contribution in [0.2, 0.25) is 0 Å². The Bertz CT molecular complexity index is 842. The molecule has 144 valence electrons. The van der Waals surface area contributed by atoms with Crippen LogP contribution in [0.15, 0.2) is 18.3 Å². The number of carbonyl (C=O) groups is 1. The van der Waals surface area contributed by atoms with E-state index >= 15 is 0 Å². The fourth-order valence-corrected chi connectivity index (χ4v) is 3.79. The Labute approximate surface area is 158 Å². The lowest BCUT2D eigenvalue weighted by Gasteiger charge is -2.26. The first-order chi connectivity index (χ1) is 12.7. The van der Waals surface area contributed by atoms with Crippen LogP contribution < -0.4 is 5.32 Å². The molecule has 2 aromatic rings. The number of nitrogens with one attached hydrogen (secondary N) is 1. The maximum atomic E-state index is 12.1. The summed E-state index contributed by atoms with van der Waals surface area (Å²) in [7, 11) is 1.90. The first kappa shape index (κ1) is 17.8. The quantitative estimate of drug-likeness (QED) is 0.893. The summed E-state index contributed by atoms with van der Waals surface area (Å²) in [5.41, 5.74) is 2.29. The molecule has 2 aliphatic rings. The van der Waals surface area contributed by atoms with E-state index in [0.29, 0.717) is 17.9 Å². The number of amides is 1. The van der Waals surface area contributed by atoms with Crippen molar-refractivity contribution in [1.82, 2.24) is 24.9 Å². The Morgan fingerprint density at radius 1 is 1.22 bits per heavy atom. The number of hydrogen-bond donors (Lipinski definition) is 1. The van der Waals surface area contributed by atoms with E-state index < -0.39 is 5.60 Å². The average molecular weight is 370 g/mol. The molecule has 1 saturated heterocycles. The fraction of sp³-hybridized carbons (Fsp3) is 0.579. The number of aryl methyl sites for hydroxylation is 2. The number of likely N-dealkylation sites (tertiary alicyclic amines) is 1. The van der Waals surface area contributed by atoms with Crippen LogP contribution in [0.4, 0.5) is 10.6 Å². The van der Waals surface area contributed by atoms with E-state index in [2.05, 4.69) is 20.6 Å². The fourth-order valence-electron chi connectivity index (χ4n) is 3.79. The molecule has 8 nitrogen and oxygen atoms in total. The highest BCUT2D eigenvalue weighted by atomic mass is 16.6. The molecule has 1 aliphatic heterocycles. The van der Waals surface area contributed by atoms with Crippen molar-refractivity contribution in [3.05, 3.63) is 24.0 Å². The van der Waals surface area contributed by atoms with Crippen LogP contribution in [0.25, 0.3) is 11.3 Å². The van der Waals surface area contributed by atoms with Crippen LogP contribution in [0, 0.1) is 18.8 Å². The summed E-state index contributed by atoms with van der Waals surface area (Å²) in [6.45, 7) is 9.10. The van der Waals surface area contributed by atoms with E-state index in [1.165, 1.54) is 0 Å². The van der Waals surface area contributed by atoms with E-state index in [0.717, 1.165) is 35.9 Å². The summed E-state index contributed by atoms with van der Waals surface area (Å²) in [5.74, 6) is 1.68. The molecule has 8 heteroatoms. The number of rotatable bonds is 3. The van der Waals surface area contributed by atoms with Gasteiger partial charge in [-0.3, -0.25) is 4.68 Å². The predicted octanol–water partition coefficient (Wildman–Crippen LogP) is 2.46. The van der Waals surface area contributed by atoms with E-state index in [-0.39, 0.29) is 6.09 Å². The smallest absolute Gasteiger partial charge is 0.410 e. The molecule has 0 aromatic carbocycles. The number of aromatic nitrogens is 4. The Hall–Kier alpha value is -2.64. The van der Waals surface area contributed by atoms with Crippen molar-refractivity contribution in [2.45, 2.75) is 39.3 Å². The van der Waals surface area contributed by atoms with Gasteiger partial charge in [0.2, 0.25) is 0 Å². The number of nitrogens with zero attached hydrogens (tertiary/aromatic N) is 5. The summed E-state index contributed by atoms with van der Waals surface area (Å²) < 4.78 is 7.23. The van der Waals surface area contributed by atoms with Crippen molar-refractivity contribution in [1.29, 1.82) is 0 Å². The van der Waals surface area contributed by atoms with Gasteiger partial charge in [-0.1, -0.05) is 0 Å². The van der Waals surface area contributed by atoms with E-state index in [9.17, 15) is 4.79 Å². The van der Waals surface area contributed by atoms with Gasteiger partial charge in [0.15, 0.2) is 0 Å². The van der Waals surface area contributed by atoms with Crippen LogP contribution in [0.5, 0.6) is 0 Å². The number of piperidine rings is 1. The van der Waals surface area contributed by atoms with Crippen molar-refractivity contribution < 1.29 is 9.53 Å². The molecule has 1 aliphatic carbocycles. The summed E-state index contributed by atoms with van der Waals surface area (Å²) in [4.78, 5) is 14.0. The first-order valence-electron chi connectivity index (χ1n) is 9.30. The second-order valence-corrected chi connectivity index (χ2v) is 8.49. The summed E-state index contributed by atoms with van der Waals surface area (Å²) >= 11 is 0. The predicted molar refractivity (Wildman–Crippen MR) is 101 cm³/mol. The van der Waals surface area contributed by atoms with Crippen LogP contribution in [-0.2, 0) is 11.8 Å². The lowest BCUT2D eigenvalue weighted by molar-refractivity contribution is 0.0272. The second-order valence-electron chi connectivity index (χ2n) is 8.49. The van der Waals surface area contributed by atoms with E-state index in [1.807, 2.05) is 53.1 Å². The first-order valence-corrected chi connectivity index (χ1v) is 9.30. The van der Waals surface area contributed by atoms with Crippen LogP contribution in [0.3, 0.4) is 0 Å². The molecule has 1 unspecified atom stereocenters. The van der Waals surface area contributed by atoms with Gasteiger partial charge < -0.3 is 15.0 Å². The minimum absolute atomic E-state index is 0.218. The molecule has 27 heavy (non-hydrogen) atoms. The summed E-state index contributed by atoms with van der Waals surface area (Å²) in [6.07, 6.45) is 1.73. The molecule has 1 N–H and O–H groups in total. The molecule has 2 fully saturated rings. The molecule has 4 rings (SSSR count). The van der Waals surface area contributed by atoms with Gasteiger partial charge in [0, 0.05) is 49.8 Å². The molecule has 0 radical (unpaired) electrons. The second kappa shape index (κ2) is 6.21. The zero-order valence-electron chi connectivity index (χ0n) is 16.4. The molecule has 0 spiro atoms. The zero-order chi connectivity index (χ0) is 19.3. The minimum Gasteiger partial charge on any atom is -0.444 e.